The molecular formula is C5H9NO. The average Bonchev–Trinajstić information content (AvgIpc) is 1.23. The van der Waals surface area contributed by atoms with Crippen LogP contribution in [-0.4, -0.2) is 13.1 Å². The van der Waals surface area contributed by atoms with Crippen LogP contribution in [0.25, 0.3) is 0 Å². The molecule has 1 N–H and O–H groups in total. The Kier molecular flexibility index (Phi) is 1.13. The molecule has 0 aromatic heterocycles. The van der Waals surface area contributed by atoms with E-state index in [1.807, 2.05) is 12.2 Å². The minimum Gasteiger partial charge on any atom is -0.634 e. The van der Waals surface area contributed by atoms with Crippen LogP contribution in [0.4, 0.5) is 0 Å². The molecule has 0 saturated heterocycles. The Morgan fingerprint density at radius 1 is 1.86 bits per heavy atom. The third-order valence-corrected chi connectivity index (χ3v) is 1.28. The van der Waals surface area contributed by atoms with Crippen LogP contribution in [0.5, 0.6) is 0 Å². The zero-order chi connectivity index (χ0) is 5.28. The predicted octanol–water partition coefficient (Wildman–Crippen LogP) is -0.673. The van der Waals surface area contributed by atoms with Gasteiger partial charge in [0.1, 0.15) is 6.04 Å². The molecule has 0 fully saturated rings. The van der Waals surface area contributed by atoms with E-state index >= 15 is 0 Å². The summed E-state index contributed by atoms with van der Waals surface area (Å²) < 4.78 is 0. The van der Waals surface area contributed by atoms with Gasteiger partial charge in [-0.3, -0.25) is 0 Å². The van der Waals surface area contributed by atoms with Gasteiger partial charge < -0.3 is 10.3 Å². The molecule has 2 heteroatoms. The number of hydrogen-bond acceptors (Lipinski definition) is 1. The lowest BCUT2D eigenvalue weighted by Crippen LogP contribution is -3.08. The molecular weight excluding hydrogens is 90.1 g/mol. The van der Waals surface area contributed by atoms with Gasteiger partial charge in [0.15, 0.2) is 0 Å². The van der Waals surface area contributed by atoms with Gasteiger partial charge in [-0.25, -0.2) is 0 Å². The standard InChI is InChI=1S/C5H9NO/c1-6(7)5-3-2-4-5/h2-3,5-6H,4H2,1H3. The van der Waals surface area contributed by atoms with Crippen molar-refractivity contribution in [1.82, 2.24) is 0 Å². The lowest BCUT2D eigenvalue weighted by molar-refractivity contribution is -0.848. The first kappa shape index (κ1) is 4.81. The normalized spacial score (nSPS) is 32.0. The first-order valence-corrected chi connectivity index (χ1v) is 2.48. The van der Waals surface area contributed by atoms with Gasteiger partial charge in [-0.15, -0.1) is 0 Å². The minimum atomic E-state index is 0.264. The van der Waals surface area contributed by atoms with Gasteiger partial charge in [0.2, 0.25) is 0 Å². The predicted molar refractivity (Wildman–Crippen MR) is 27.8 cm³/mol. The van der Waals surface area contributed by atoms with Crippen molar-refractivity contribution in [2.24, 2.45) is 0 Å². The van der Waals surface area contributed by atoms with E-state index in [9.17, 15) is 5.21 Å². The van der Waals surface area contributed by atoms with E-state index in [1.54, 1.807) is 7.05 Å². The quantitative estimate of drug-likeness (QED) is 0.342. The van der Waals surface area contributed by atoms with E-state index in [2.05, 4.69) is 0 Å². The summed E-state index contributed by atoms with van der Waals surface area (Å²) >= 11 is 0. The Bertz CT molecular complexity index is 88.1. The Balaban J connectivity index is 2.29. The Hall–Kier alpha value is -0.340. The van der Waals surface area contributed by atoms with Gasteiger partial charge in [-0.2, -0.15) is 0 Å². The molecule has 7 heavy (non-hydrogen) atoms. The fourth-order valence-corrected chi connectivity index (χ4v) is 0.574. The maximum absolute atomic E-state index is 10.4. The molecule has 40 valence electrons. The van der Waals surface area contributed by atoms with Gasteiger partial charge in [-0.1, -0.05) is 6.08 Å². The highest BCUT2D eigenvalue weighted by atomic mass is 16.5. The topological polar surface area (TPSA) is 27.5 Å². The molecule has 2 atom stereocenters. The number of rotatable bonds is 1. The number of quaternary nitrogens is 1. The maximum Gasteiger partial charge on any atom is 0.109 e. The monoisotopic (exact) mass is 99.1 g/mol. The van der Waals surface area contributed by atoms with Crippen LogP contribution in [-0.2, 0) is 0 Å². The van der Waals surface area contributed by atoms with Gasteiger partial charge in [-0.05, 0) is 6.08 Å². The van der Waals surface area contributed by atoms with Crippen molar-refractivity contribution in [3.05, 3.63) is 17.4 Å². The average molecular weight is 99.1 g/mol. The third-order valence-electron chi connectivity index (χ3n) is 1.28. The first-order chi connectivity index (χ1) is 3.30. The van der Waals surface area contributed by atoms with E-state index in [0.717, 1.165) is 6.42 Å². The molecule has 0 radical (unpaired) electrons. The van der Waals surface area contributed by atoms with Crippen molar-refractivity contribution in [2.75, 3.05) is 7.05 Å². The molecule has 1 aliphatic carbocycles. The van der Waals surface area contributed by atoms with Crippen molar-refractivity contribution in [3.63, 3.8) is 0 Å². The largest absolute Gasteiger partial charge is 0.634 e. The molecule has 0 aromatic carbocycles. The fraction of sp³-hybridized carbons (Fsp3) is 0.600. The van der Waals surface area contributed by atoms with Crippen molar-refractivity contribution >= 4 is 0 Å². The Morgan fingerprint density at radius 3 is 2.43 bits per heavy atom. The van der Waals surface area contributed by atoms with Crippen molar-refractivity contribution < 1.29 is 5.06 Å². The van der Waals surface area contributed by atoms with E-state index in [-0.39, 0.29) is 6.04 Å². The molecule has 0 saturated carbocycles. The van der Waals surface area contributed by atoms with Crippen LogP contribution in [0, 0.1) is 5.21 Å². The fourth-order valence-electron chi connectivity index (χ4n) is 0.574. The van der Waals surface area contributed by atoms with Crippen molar-refractivity contribution in [1.29, 1.82) is 0 Å². The van der Waals surface area contributed by atoms with E-state index in [0.29, 0.717) is 5.06 Å². The van der Waals surface area contributed by atoms with Gasteiger partial charge in [0.25, 0.3) is 0 Å². The summed E-state index contributed by atoms with van der Waals surface area (Å²) in [4.78, 5) is 0. The molecule has 0 spiro atoms. The highest BCUT2D eigenvalue weighted by Crippen LogP contribution is 2.01. The van der Waals surface area contributed by atoms with Gasteiger partial charge in [0, 0.05) is 6.42 Å². The third kappa shape index (κ3) is 0.813. The van der Waals surface area contributed by atoms with E-state index < -0.39 is 0 Å². The second-order valence-electron chi connectivity index (χ2n) is 1.88. The lowest BCUT2D eigenvalue weighted by atomic mass is 10.1. The molecule has 1 aliphatic rings. The second kappa shape index (κ2) is 1.64. The lowest BCUT2D eigenvalue weighted by Gasteiger charge is -2.28. The number of likely N-dealkylation sites (N-methyl/N-ethyl adjacent to an activating group) is 1. The highest BCUT2D eigenvalue weighted by Gasteiger charge is 2.11. The molecule has 2 unspecified atom stereocenters. The van der Waals surface area contributed by atoms with Crippen LogP contribution in [0.15, 0.2) is 12.2 Å². The molecule has 0 heterocycles. The molecule has 1 rings (SSSR count). The molecule has 0 aromatic rings. The summed E-state index contributed by atoms with van der Waals surface area (Å²) in [5, 5.41) is 10.7. The summed E-state index contributed by atoms with van der Waals surface area (Å²) in [6.45, 7) is 0. The highest BCUT2D eigenvalue weighted by molar-refractivity contribution is 5.02. The van der Waals surface area contributed by atoms with Crippen LogP contribution >= 0.6 is 0 Å². The van der Waals surface area contributed by atoms with E-state index in [4.69, 9.17) is 0 Å². The molecule has 2 nitrogen and oxygen atoms in total. The molecule has 0 amide bonds. The SMILES string of the molecule is C[NH+]([O-])C1C=CC1. The van der Waals surface area contributed by atoms with Crippen LogP contribution < -0.4 is 5.06 Å². The van der Waals surface area contributed by atoms with Crippen LogP contribution in [0.2, 0.25) is 0 Å². The Labute approximate surface area is 43.0 Å². The number of nitrogens with one attached hydrogen (secondary N) is 1. The molecule has 0 bridgehead atoms. The summed E-state index contributed by atoms with van der Waals surface area (Å²) in [6, 6.07) is 0.264. The summed E-state index contributed by atoms with van der Waals surface area (Å²) in [5.74, 6) is 0. The van der Waals surface area contributed by atoms with Gasteiger partial charge in [0.05, 0.1) is 7.05 Å². The number of hydrogen-bond donors (Lipinski definition) is 1. The first-order valence-electron chi connectivity index (χ1n) is 2.48. The summed E-state index contributed by atoms with van der Waals surface area (Å²) in [5.41, 5.74) is 0. The molecule has 0 aliphatic heterocycles. The zero-order valence-electron chi connectivity index (χ0n) is 4.35. The minimum absolute atomic E-state index is 0.264. The number of hydroxylamine groups is 2. The van der Waals surface area contributed by atoms with Gasteiger partial charge >= 0.3 is 0 Å². The van der Waals surface area contributed by atoms with Crippen LogP contribution in [0.3, 0.4) is 0 Å². The van der Waals surface area contributed by atoms with E-state index in [1.165, 1.54) is 0 Å². The smallest absolute Gasteiger partial charge is 0.109 e. The second-order valence-corrected chi connectivity index (χ2v) is 1.88. The summed E-state index contributed by atoms with van der Waals surface area (Å²) in [6.07, 6.45) is 4.93. The van der Waals surface area contributed by atoms with Crippen LogP contribution in [0.1, 0.15) is 6.42 Å². The Morgan fingerprint density at radius 2 is 2.43 bits per heavy atom. The van der Waals surface area contributed by atoms with Crippen molar-refractivity contribution in [3.8, 4) is 0 Å². The maximum atomic E-state index is 10.4. The summed E-state index contributed by atoms with van der Waals surface area (Å²) in [7, 11) is 1.63. The zero-order valence-corrected chi connectivity index (χ0v) is 4.35. The van der Waals surface area contributed by atoms with Crippen molar-refractivity contribution in [2.45, 2.75) is 12.5 Å².